The van der Waals surface area contributed by atoms with Crippen LogP contribution in [0.15, 0.2) is 40.8 Å². The first-order chi connectivity index (χ1) is 12.8. The number of hydrogen-bond donors (Lipinski definition) is 1. The van der Waals surface area contributed by atoms with Gasteiger partial charge in [-0.3, -0.25) is 0 Å². The van der Waals surface area contributed by atoms with Crippen molar-refractivity contribution >= 4 is 17.9 Å². The van der Waals surface area contributed by atoms with Gasteiger partial charge >= 0.3 is 6.09 Å². The van der Waals surface area contributed by atoms with Gasteiger partial charge in [0.25, 0.3) is 0 Å². The van der Waals surface area contributed by atoms with Crippen LogP contribution in [0.5, 0.6) is 0 Å². The van der Waals surface area contributed by atoms with Crippen LogP contribution >= 0.6 is 11.8 Å². The van der Waals surface area contributed by atoms with E-state index in [-0.39, 0.29) is 0 Å². The van der Waals surface area contributed by atoms with E-state index in [4.69, 9.17) is 15.5 Å². The van der Waals surface area contributed by atoms with Gasteiger partial charge in [-0.2, -0.15) is 0 Å². The molecule has 0 bridgehead atoms. The summed E-state index contributed by atoms with van der Waals surface area (Å²) >= 11 is 1.75. The summed E-state index contributed by atoms with van der Waals surface area (Å²) < 4.78 is 7.06. The van der Waals surface area contributed by atoms with Gasteiger partial charge in [-0.25, -0.2) is 9.78 Å². The Kier molecular flexibility index (Phi) is 7.54. The molecular weight excluding hydrogens is 358 g/mol. The lowest BCUT2D eigenvalue weighted by Gasteiger charge is -2.12. The van der Waals surface area contributed by atoms with Crippen molar-refractivity contribution < 1.29 is 9.53 Å². The molecule has 0 saturated heterocycles. The molecule has 0 unspecified atom stereocenters. The van der Waals surface area contributed by atoms with Crippen LogP contribution in [0.2, 0.25) is 0 Å². The van der Waals surface area contributed by atoms with Crippen LogP contribution in [0, 0.1) is 13.8 Å². The van der Waals surface area contributed by atoms with Gasteiger partial charge in [0, 0.05) is 17.9 Å². The molecule has 0 saturated carbocycles. The third-order valence-corrected chi connectivity index (χ3v) is 5.18. The second-order valence-corrected chi connectivity index (χ2v) is 8.03. The molecule has 146 valence electrons. The van der Waals surface area contributed by atoms with Crippen molar-refractivity contribution in [3.63, 3.8) is 0 Å². The number of ether oxygens (including phenoxy) is 1. The first-order valence-electron chi connectivity index (χ1n) is 9.20. The Morgan fingerprint density at radius 2 is 2.00 bits per heavy atom. The summed E-state index contributed by atoms with van der Waals surface area (Å²) in [6, 6.07) is 6.58. The monoisotopic (exact) mass is 387 g/mol. The molecule has 0 aliphatic carbocycles. The SMILES string of the molecule is C=CCn1c(CCCOC(N)=O)nc(C(C)C)c1Sc1cc(C)cc(C)c1. The van der Waals surface area contributed by atoms with Crippen molar-refractivity contribution in [1.29, 1.82) is 0 Å². The molecule has 0 radical (unpaired) electrons. The molecule has 1 amide bonds. The molecule has 6 heteroatoms. The topological polar surface area (TPSA) is 70.1 Å². The van der Waals surface area contributed by atoms with E-state index in [9.17, 15) is 4.79 Å². The molecule has 2 rings (SSSR count). The summed E-state index contributed by atoms with van der Waals surface area (Å²) in [4.78, 5) is 16.9. The summed E-state index contributed by atoms with van der Waals surface area (Å²) in [7, 11) is 0. The number of nitrogens with zero attached hydrogens (tertiary/aromatic N) is 2. The number of amides is 1. The molecular formula is C21H29N3O2S. The van der Waals surface area contributed by atoms with Gasteiger partial charge in [0.15, 0.2) is 0 Å². The highest BCUT2D eigenvalue weighted by Crippen LogP contribution is 2.36. The van der Waals surface area contributed by atoms with E-state index in [1.54, 1.807) is 11.8 Å². The van der Waals surface area contributed by atoms with Crippen LogP contribution in [-0.4, -0.2) is 22.3 Å². The number of rotatable bonds is 9. The van der Waals surface area contributed by atoms with E-state index in [1.165, 1.54) is 16.0 Å². The van der Waals surface area contributed by atoms with Gasteiger partial charge < -0.3 is 15.0 Å². The maximum Gasteiger partial charge on any atom is 0.404 e. The number of carbonyl (C=O) groups excluding carboxylic acids is 1. The lowest BCUT2D eigenvalue weighted by Crippen LogP contribution is -2.14. The third kappa shape index (κ3) is 5.89. The number of allylic oxidation sites excluding steroid dienone is 1. The molecule has 27 heavy (non-hydrogen) atoms. The Balaban J connectivity index is 2.34. The molecule has 0 aliphatic rings. The predicted molar refractivity (Wildman–Crippen MR) is 110 cm³/mol. The zero-order valence-corrected chi connectivity index (χ0v) is 17.4. The van der Waals surface area contributed by atoms with Crippen LogP contribution < -0.4 is 5.73 Å². The van der Waals surface area contributed by atoms with E-state index >= 15 is 0 Å². The number of aromatic nitrogens is 2. The zero-order valence-electron chi connectivity index (χ0n) is 16.6. The fourth-order valence-electron chi connectivity index (χ4n) is 3.00. The zero-order chi connectivity index (χ0) is 20.0. The summed E-state index contributed by atoms with van der Waals surface area (Å²) in [5, 5.41) is 1.15. The fourth-order valence-corrected chi connectivity index (χ4v) is 4.39. The average Bonchev–Trinajstić information content (AvgIpc) is 2.89. The van der Waals surface area contributed by atoms with E-state index in [0.29, 0.717) is 31.9 Å². The van der Waals surface area contributed by atoms with Gasteiger partial charge in [0.05, 0.1) is 12.3 Å². The van der Waals surface area contributed by atoms with Gasteiger partial charge in [0.2, 0.25) is 0 Å². The quantitative estimate of drug-likeness (QED) is 0.486. The van der Waals surface area contributed by atoms with Crippen LogP contribution in [0.25, 0.3) is 0 Å². The average molecular weight is 388 g/mol. The molecule has 5 nitrogen and oxygen atoms in total. The normalized spacial score (nSPS) is 11.0. The number of imidazole rings is 1. The molecule has 0 aliphatic heterocycles. The highest BCUT2D eigenvalue weighted by Gasteiger charge is 2.20. The predicted octanol–water partition coefficient (Wildman–Crippen LogP) is 4.99. The molecule has 0 spiro atoms. The Morgan fingerprint density at radius 1 is 1.33 bits per heavy atom. The lowest BCUT2D eigenvalue weighted by molar-refractivity contribution is 0.155. The maximum atomic E-state index is 10.7. The summed E-state index contributed by atoms with van der Waals surface area (Å²) in [5.74, 6) is 1.30. The first kappa shape index (κ1) is 21.1. The standard InChI is InChI=1S/C21H29N3O2S/c1-6-9-24-18(8-7-10-26-21(22)25)23-19(14(2)3)20(24)27-17-12-15(4)11-16(5)13-17/h6,11-14H,1,7-10H2,2-5H3,(H2,22,25). The van der Waals surface area contributed by atoms with Crippen LogP contribution in [0.1, 0.15) is 48.8 Å². The van der Waals surface area contributed by atoms with Crippen molar-refractivity contribution in [2.75, 3.05) is 6.61 Å². The molecule has 1 aromatic carbocycles. The van der Waals surface area contributed by atoms with Crippen molar-refractivity contribution in [1.82, 2.24) is 9.55 Å². The maximum absolute atomic E-state index is 10.7. The molecule has 2 N–H and O–H groups in total. The van der Waals surface area contributed by atoms with Gasteiger partial charge in [-0.05, 0) is 49.4 Å². The molecule has 1 aromatic heterocycles. The number of primary amides is 1. The van der Waals surface area contributed by atoms with Crippen LogP contribution in [-0.2, 0) is 17.7 Å². The van der Waals surface area contributed by atoms with E-state index in [0.717, 1.165) is 16.5 Å². The molecule has 0 atom stereocenters. The Bertz CT molecular complexity index is 792. The summed E-state index contributed by atoms with van der Waals surface area (Å²) in [5.41, 5.74) is 8.62. The number of hydrogen-bond acceptors (Lipinski definition) is 4. The van der Waals surface area contributed by atoms with Crippen molar-refractivity contribution in [3.8, 4) is 0 Å². The second kappa shape index (κ2) is 9.65. The number of nitrogens with two attached hydrogens (primary N) is 1. The third-order valence-electron chi connectivity index (χ3n) is 4.08. The Labute approximate surface area is 166 Å². The minimum absolute atomic E-state index is 0.298. The molecule has 0 fully saturated rings. The molecule has 2 aromatic rings. The molecule has 1 heterocycles. The van der Waals surface area contributed by atoms with E-state index in [1.807, 2.05) is 6.08 Å². The van der Waals surface area contributed by atoms with Gasteiger partial charge in [-0.1, -0.05) is 37.8 Å². The minimum atomic E-state index is -0.738. The van der Waals surface area contributed by atoms with E-state index < -0.39 is 6.09 Å². The fraction of sp³-hybridized carbons (Fsp3) is 0.429. The summed E-state index contributed by atoms with van der Waals surface area (Å²) in [6.07, 6.45) is 2.55. The highest BCUT2D eigenvalue weighted by atomic mass is 32.2. The Morgan fingerprint density at radius 3 is 2.56 bits per heavy atom. The van der Waals surface area contributed by atoms with Crippen LogP contribution in [0.4, 0.5) is 4.79 Å². The second-order valence-electron chi connectivity index (χ2n) is 6.97. The van der Waals surface area contributed by atoms with Crippen molar-refractivity contribution in [3.05, 3.63) is 53.5 Å². The number of carbonyl (C=O) groups is 1. The van der Waals surface area contributed by atoms with Gasteiger partial charge in [0.1, 0.15) is 10.9 Å². The minimum Gasteiger partial charge on any atom is -0.450 e. The largest absolute Gasteiger partial charge is 0.450 e. The Hall–Kier alpha value is -2.21. The van der Waals surface area contributed by atoms with E-state index in [2.05, 4.69) is 57.0 Å². The first-order valence-corrected chi connectivity index (χ1v) is 10.0. The van der Waals surface area contributed by atoms with Crippen molar-refractivity contribution in [2.45, 2.75) is 62.9 Å². The summed E-state index contributed by atoms with van der Waals surface area (Å²) in [6.45, 7) is 13.4. The van der Waals surface area contributed by atoms with Crippen LogP contribution in [0.3, 0.4) is 0 Å². The number of aryl methyl sites for hydroxylation is 3. The van der Waals surface area contributed by atoms with Gasteiger partial charge in [-0.15, -0.1) is 6.58 Å². The highest BCUT2D eigenvalue weighted by molar-refractivity contribution is 7.99. The lowest BCUT2D eigenvalue weighted by atomic mass is 10.1. The van der Waals surface area contributed by atoms with Crippen molar-refractivity contribution in [2.24, 2.45) is 5.73 Å². The number of benzene rings is 1. The smallest absolute Gasteiger partial charge is 0.404 e.